The van der Waals surface area contributed by atoms with Gasteiger partial charge in [-0.05, 0) is 42.1 Å². The minimum absolute atomic E-state index is 0.106. The van der Waals surface area contributed by atoms with Crippen LogP contribution in [0.25, 0.3) is 10.8 Å². The third kappa shape index (κ3) is 8.23. The van der Waals surface area contributed by atoms with Gasteiger partial charge < -0.3 is 20.1 Å². The van der Waals surface area contributed by atoms with Crippen molar-refractivity contribution in [1.29, 1.82) is 0 Å². The Labute approximate surface area is 210 Å². The maximum atomic E-state index is 12.2. The molecule has 0 radical (unpaired) electrons. The van der Waals surface area contributed by atoms with Crippen molar-refractivity contribution in [3.63, 3.8) is 0 Å². The first kappa shape index (κ1) is 26.4. The lowest BCUT2D eigenvalue weighted by Gasteiger charge is -2.09. The third-order valence-corrected chi connectivity index (χ3v) is 5.37. The quantitative estimate of drug-likeness (QED) is 0.270. The van der Waals surface area contributed by atoms with E-state index in [0.717, 1.165) is 30.0 Å². The van der Waals surface area contributed by atoms with E-state index in [9.17, 15) is 19.2 Å². The summed E-state index contributed by atoms with van der Waals surface area (Å²) in [6.07, 6.45) is 2.60. The number of fused-ring (bicyclic) bond motifs is 1. The predicted molar refractivity (Wildman–Crippen MR) is 138 cm³/mol. The topological polar surface area (TPSA) is 111 Å². The Morgan fingerprint density at radius 1 is 0.750 bits per heavy atom. The van der Waals surface area contributed by atoms with Gasteiger partial charge in [-0.15, -0.1) is 0 Å². The van der Waals surface area contributed by atoms with Crippen LogP contribution in [0.4, 0.5) is 11.4 Å². The molecule has 3 aromatic carbocycles. The summed E-state index contributed by atoms with van der Waals surface area (Å²) in [5.74, 6) is -1.91. The third-order valence-electron chi connectivity index (χ3n) is 5.37. The lowest BCUT2D eigenvalue weighted by molar-refractivity contribution is -0.147. The smallest absolute Gasteiger partial charge is 0.338 e. The fourth-order valence-corrected chi connectivity index (χ4v) is 3.47. The van der Waals surface area contributed by atoms with E-state index in [1.807, 2.05) is 36.4 Å². The summed E-state index contributed by atoms with van der Waals surface area (Å²) < 4.78 is 10.2. The van der Waals surface area contributed by atoms with E-state index >= 15 is 0 Å². The molecule has 0 aliphatic heterocycles. The van der Waals surface area contributed by atoms with Crippen molar-refractivity contribution in [3.8, 4) is 0 Å². The van der Waals surface area contributed by atoms with E-state index in [4.69, 9.17) is 9.47 Å². The summed E-state index contributed by atoms with van der Waals surface area (Å²) in [5.41, 5.74) is 1.52. The molecule has 0 fully saturated rings. The number of anilines is 2. The Kier molecular flexibility index (Phi) is 10.00. The number of unbranched alkanes of at least 4 members (excludes halogenated alkanes) is 2. The van der Waals surface area contributed by atoms with Gasteiger partial charge in [-0.1, -0.05) is 56.2 Å². The molecule has 0 saturated heterocycles. The maximum Gasteiger partial charge on any atom is 0.338 e. The number of ether oxygens (including phenoxy) is 2. The van der Waals surface area contributed by atoms with Crippen LogP contribution in [0.5, 0.6) is 0 Å². The largest absolute Gasteiger partial charge is 0.462 e. The van der Waals surface area contributed by atoms with Crippen molar-refractivity contribution in [2.24, 2.45) is 0 Å². The first-order valence-corrected chi connectivity index (χ1v) is 12.0. The van der Waals surface area contributed by atoms with Crippen LogP contribution >= 0.6 is 0 Å². The number of nitrogens with one attached hydrogen (secondary N) is 2. The number of rotatable bonds is 12. The molecule has 3 aromatic rings. The van der Waals surface area contributed by atoms with Gasteiger partial charge in [-0.2, -0.15) is 0 Å². The second-order valence-corrected chi connectivity index (χ2v) is 8.20. The summed E-state index contributed by atoms with van der Waals surface area (Å²) in [5, 5.41) is 7.26. The Balaban J connectivity index is 1.37. The van der Waals surface area contributed by atoms with Crippen molar-refractivity contribution in [1.82, 2.24) is 0 Å². The Morgan fingerprint density at radius 3 is 2.28 bits per heavy atom. The number of hydrogen-bond donors (Lipinski definition) is 2. The summed E-state index contributed by atoms with van der Waals surface area (Å²) >= 11 is 0. The molecule has 8 heteroatoms. The molecule has 2 amide bonds. The minimum Gasteiger partial charge on any atom is -0.462 e. The summed E-state index contributed by atoms with van der Waals surface area (Å²) in [6.45, 7) is 2.01. The van der Waals surface area contributed by atoms with E-state index in [0.29, 0.717) is 23.5 Å². The second-order valence-electron chi connectivity index (χ2n) is 8.20. The Bertz CT molecular complexity index is 1200. The number of amides is 2. The van der Waals surface area contributed by atoms with Gasteiger partial charge in [0.05, 0.1) is 18.6 Å². The van der Waals surface area contributed by atoms with Crippen LogP contribution in [0.3, 0.4) is 0 Å². The summed E-state index contributed by atoms with van der Waals surface area (Å²) in [6, 6.07) is 19.5. The predicted octanol–water partition coefficient (Wildman–Crippen LogP) is 5.09. The SMILES string of the molecule is CCCCCOC(=O)c1ccc(NC(=O)CCC(=O)OCC(=O)Nc2cccc3ccccc23)cc1. The summed E-state index contributed by atoms with van der Waals surface area (Å²) in [4.78, 5) is 48.3. The lowest BCUT2D eigenvalue weighted by Crippen LogP contribution is -2.22. The normalized spacial score (nSPS) is 10.5. The molecule has 0 aromatic heterocycles. The van der Waals surface area contributed by atoms with Crippen LogP contribution in [-0.2, 0) is 23.9 Å². The lowest BCUT2D eigenvalue weighted by atomic mass is 10.1. The molecule has 0 spiro atoms. The van der Waals surface area contributed by atoms with Crippen LogP contribution in [0, 0.1) is 0 Å². The first-order chi connectivity index (χ1) is 17.5. The average molecular weight is 491 g/mol. The van der Waals surface area contributed by atoms with Gasteiger partial charge in [-0.3, -0.25) is 14.4 Å². The maximum absolute atomic E-state index is 12.2. The number of carbonyl (C=O) groups excluding carboxylic acids is 4. The van der Waals surface area contributed by atoms with Crippen LogP contribution < -0.4 is 10.6 Å². The highest BCUT2D eigenvalue weighted by atomic mass is 16.5. The molecule has 0 unspecified atom stereocenters. The minimum atomic E-state index is -0.653. The molecular formula is C28H30N2O6. The molecule has 188 valence electrons. The molecule has 0 heterocycles. The van der Waals surface area contributed by atoms with Gasteiger partial charge in [0.15, 0.2) is 6.61 Å². The van der Waals surface area contributed by atoms with Crippen molar-refractivity contribution in [2.75, 3.05) is 23.8 Å². The number of esters is 2. The molecule has 2 N–H and O–H groups in total. The molecular weight excluding hydrogens is 460 g/mol. The zero-order chi connectivity index (χ0) is 25.8. The van der Waals surface area contributed by atoms with Gasteiger partial charge in [0, 0.05) is 23.2 Å². The fraction of sp³-hybridized carbons (Fsp3) is 0.286. The number of hydrogen-bond acceptors (Lipinski definition) is 6. The molecule has 8 nitrogen and oxygen atoms in total. The zero-order valence-electron chi connectivity index (χ0n) is 20.3. The highest BCUT2D eigenvalue weighted by Gasteiger charge is 2.13. The molecule has 0 aliphatic rings. The van der Waals surface area contributed by atoms with Crippen LogP contribution in [0.15, 0.2) is 66.7 Å². The van der Waals surface area contributed by atoms with Crippen molar-refractivity contribution >= 4 is 45.9 Å². The van der Waals surface area contributed by atoms with Crippen molar-refractivity contribution in [2.45, 2.75) is 39.0 Å². The van der Waals surface area contributed by atoms with Gasteiger partial charge in [0.2, 0.25) is 5.91 Å². The first-order valence-electron chi connectivity index (χ1n) is 12.0. The van der Waals surface area contributed by atoms with E-state index in [2.05, 4.69) is 17.6 Å². The monoisotopic (exact) mass is 490 g/mol. The summed E-state index contributed by atoms with van der Waals surface area (Å²) in [7, 11) is 0. The molecule has 3 rings (SSSR count). The zero-order valence-corrected chi connectivity index (χ0v) is 20.3. The second kappa shape index (κ2) is 13.6. The van der Waals surface area contributed by atoms with Crippen LogP contribution in [0.1, 0.15) is 49.4 Å². The highest BCUT2D eigenvalue weighted by molar-refractivity contribution is 6.03. The van der Waals surface area contributed by atoms with Gasteiger partial charge in [0.1, 0.15) is 0 Å². The molecule has 0 aliphatic carbocycles. The molecule has 0 bridgehead atoms. The average Bonchev–Trinajstić information content (AvgIpc) is 2.89. The Morgan fingerprint density at radius 2 is 1.50 bits per heavy atom. The van der Waals surface area contributed by atoms with Crippen molar-refractivity contribution in [3.05, 3.63) is 72.3 Å². The van der Waals surface area contributed by atoms with E-state index in [1.165, 1.54) is 0 Å². The standard InChI is InChI=1S/C28H30N2O6/c1-2-3-6-18-35-28(34)21-12-14-22(15-13-21)29-25(31)16-17-27(33)36-19-26(32)30-24-11-7-9-20-8-4-5-10-23(20)24/h4-5,7-15H,2-3,6,16-19H2,1H3,(H,29,31)(H,30,32). The van der Waals surface area contributed by atoms with Gasteiger partial charge in [-0.25, -0.2) is 4.79 Å². The molecule has 36 heavy (non-hydrogen) atoms. The van der Waals surface area contributed by atoms with E-state index in [-0.39, 0.29) is 18.7 Å². The number of carbonyl (C=O) groups is 4. The fourth-order valence-electron chi connectivity index (χ4n) is 3.47. The molecule has 0 atom stereocenters. The van der Waals surface area contributed by atoms with Gasteiger partial charge in [0.25, 0.3) is 5.91 Å². The molecule has 0 saturated carbocycles. The van der Waals surface area contributed by atoms with E-state index < -0.39 is 24.5 Å². The highest BCUT2D eigenvalue weighted by Crippen LogP contribution is 2.22. The van der Waals surface area contributed by atoms with Crippen LogP contribution in [0.2, 0.25) is 0 Å². The van der Waals surface area contributed by atoms with E-state index in [1.54, 1.807) is 30.3 Å². The van der Waals surface area contributed by atoms with Crippen molar-refractivity contribution < 1.29 is 28.7 Å². The van der Waals surface area contributed by atoms with Gasteiger partial charge >= 0.3 is 11.9 Å². The number of benzene rings is 3. The van der Waals surface area contributed by atoms with Crippen LogP contribution in [-0.4, -0.2) is 37.0 Å². The Hall–Kier alpha value is -4.20.